The van der Waals surface area contributed by atoms with Gasteiger partial charge in [0.15, 0.2) is 17.5 Å². The molecule has 1 aliphatic heterocycles. The minimum Gasteiger partial charge on any atom is -0.493 e. The van der Waals surface area contributed by atoms with E-state index in [2.05, 4.69) is 43.3 Å². The zero-order valence-corrected chi connectivity index (χ0v) is 19.4. The number of fused-ring (bicyclic) bond motifs is 1. The number of hydrogen-bond acceptors (Lipinski definition) is 4. The maximum absolute atomic E-state index is 12.7. The Kier molecular flexibility index (Phi) is 9.27. The van der Waals surface area contributed by atoms with E-state index in [4.69, 9.17) is 9.47 Å². The molecule has 1 aromatic carbocycles. The average Bonchev–Trinajstić information content (AvgIpc) is 2.74. The van der Waals surface area contributed by atoms with E-state index in [9.17, 15) is 4.79 Å². The molecule has 168 valence electrons. The summed E-state index contributed by atoms with van der Waals surface area (Å²) in [5, 5.41) is 6.69. The van der Waals surface area contributed by atoms with Crippen LogP contribution in [0.25, 0.3) is 0 Å². The van der Waals surface area contributed by atoms with Gasteiger partial charge in [-0.1, -0.05) is 13.8 Å². The lowest BCUT2D eigenvalue weighted by Crippen LogP contribution is -2.44. The molecule has 2 rings (SSSR count). The van der Waals surface area contributed by atoms with Crippen molar-refractivity contribution in [3.63, 3.8) is 0 Å². The molecule has 0 aromatic heterocycles. The smallest absolute Gasteiger partial charge is 0.222 e. The van der Waals surface area contributed by atoms with Gasteiger partial charge in [0.05, 0.1) is 14.2 Å². The van der Waals surface area contributed by atoms with Gasteiger partial charge < -0.3 is 25.0 Å². The third-order valence-corrected chi connectivity index (χ3v) is 5.60. The number of benzene rings is 1. The third-order valence-electron chi connectivity index (χ3n) is 5.60. The van der Waals surface area contributed by atoms with Crippen LogP contribution in [0, 0.1) is 5.92 Å². The van der Waals surface area contributed by atoms with Gasteiger partial charge in [0, 0.05) is 38.6 Å². The van der Waals surface area contributed by atoms with E-state index >= 15 is 0 Å². The highest BCUT2D eigenvalue weighted by molar-refractivity contribution is 5.80. The van der Waals surface area contributed by atoms with Crippen LogP contribution in [0.3, 0.4) is 0 Å². The lowest BCUT2D eigenvalue weighted by molar-refractivity contribution is -0.132. The van der Waals surface area contributed by atoms with Crippen LogP contribution in [0.1, 0.15) is 51.7 Å². The predicted molar refractivity (Wildman–Crippen MR) is 121 cm³/mol. The van der Waals surface area contributed by atoms with E-state index in [-0.39, 0.29) is 5.91 Å². The fourth-order valence-corrected chi connectivity index (χ4v) is 3.38. The van der Waals surface area contributed by atoms with Crippen molar-refractivity contribution in [1.82, 2.24) is 15.5 Å². The van der Waals surface area contributed by atoms with Crippen LogP contribution in [0.5, 0.6) is 11.5 Å². The Balaban J connectivity index is 1.88. The first-order valence-corrected chi connectivity index (χ1v) is 11.0. The maximum Gasteiger partial charge on any atom is 0.222 e. The molecule has 2 N–H and O–H groups in total. The number of guanidine groups is 1. The molecule has 1 unspecified atom stereocenters. The second-order valence-corrected chi connectivity index (χ2v) is 8.08. The zero-order valence-electron chi connectivity index (χ0n) is 19.4. The van der Waals surface area contributed by atoms with Crippen molar-refractivity contribution in [2.24, 2.45) is 10.9 Å². The highest BCUT2D eigenvalue weighted by Gasteiger charge is 2.22. The summed E-state index contributed by atoms with van der Waals surface area (Å²) >= 11 is 0. The van der Waals surface area contributed by atoms with Gasteiger partial charge in [-0.15, -0.1) is 0 Å². The van der Waals surface area contributed by atoms with Crippen molar-refractivity contribution in [3.05, 3.63) is 23.3 Å². The topological polar surface area (TPSA) is 75.2 Å². The molecule has 7 heteroatoms. The number of rotatable bonds is 9. The first-order valence-electron chi connectivity index (χ1n) is 11.0. The Labute approximate surface area is 181 Å². The number of nitrogens with zero attached hydrogens (tertiary/aromatic N) is 2. The summed E-state index contributed by atoms with van der Waals surface area (Å²) in [5.74, 6) is 2.97. The molecule has 0 spiro atoms. The van der Waals surface area contributed by atoms with Gasteiger partial charge in [-0.05, 0) is 55.9 Å². The largest absolute Gasteiger partial charge is 0.493 e. The van der Waals surface area contributed by atoms with Gasteiger partial charge in [-0.3, -0.25) is 9.79 Å². The van der Waals surface area contributed by atoms with Crippen molar-refractivity contribution in [2.75, 3.05) is 33.9 Å². The van der Waals surface area contributed by atoms with Crippen LogP contribution in [-0.2, 0) is 17.8 Å². The summed E-state index contributed by atoms with van der Waals surface area (Å²) in [4.78, 5) is 19.3. The van der Waals surface area contributed by atoms with Gasteiger partial charge >= 0.3 is 0 Å². The number of aliphatic imine (C=N–C) groups is 1. The van der Waals surface area contributed by atoms with Crippen LogP contribution in [0.2, 0.25) is 0 Å². The number of amides is 1. The summed E-state index contributed by atoms with van der Waals surface area (Å²) in [7, 11) is 3.28. The normalized spacial score (nSPS) is 14.9. The molecule has 7 nitrogen and oxygen atoms in total. The van der Waals surface area contributed by atoms with E-state index in [0.717, 1.165) is 43.2 Å². The van der Waals surface area contributed by atoms with Crippen molar-refractivity contribution in [3.8, 4) is 11.5 Å². The molecular weight excluding hydrogens is 380 g/mol. The van der Waals surface area contributed by atoms with Crippen molar-refractivity contribution in [2.45, 2.75) is 59.5 Å². The van der Waals surface area contributed by atoms with Gasteiger partial charge in [0.2, 0.25) is 5.91 Å². The van der Waals surface area contributed by atoms with E-state index in [1.165, 1.54) is 5.56 Å². The summed E-state index contributed by atoms with van der Waals surface area (Å²) in [6, 6.07) is 4.36. The lowest BCUT2D eigenvalue weighted by Gasteiger charge is -2.29. The Hall–Kier alpha value is -2.44. The third kappa shape index (κ3) is 6.54. The highest BCUT2D eigenvalue weighted by Crippen LogP contribution is 2.33. The van der Waals surface area contributed by atoms with E-state index in [0.29, 0.717) is 37.2 Å². The molecule has 0 radical (unpaired) electrons. The van der Waals surface area contributed by atoms with Crippen LogP contribution in [0.4, 0.5) is 0 Å². The Morgan fingerprint density at radius 2 is 1.83 bits per heavy atom. The van der Waals surface area contributed by atoms with Crippen molar-refractivity contribution >= 4 is 11.9 Å². The number of carbonyl (C=O) groups is 1. The summed E-state index contributed by atoms with van der Waals surface area (Å²) in [5.41, 5.74) is 2.36. The zero-order chi connectivity index (χ0) is 22.1. The Bertz CT molecular complexity index is 733. The number of carbonyl (C=O) groups excluding carboxylic acids is 1. The standard InChI is InChI=1S/C23H38N4O3/c1-7-24-23(26-17(4)16(2)3)25-11-8-9-22(28)27-12-10-18-13-20(29-5)21(30-6)14-19(18)15-27/h13-14,16-17H,7-12,15H2,1-6H3,(H2,24,25,26). The molecule has 0 saturated carbocycles. The number of methoxy groups -OCH3 is 2. The van der Waals surface area contributed by atoms with Crippen LogP contribution < -0.4 is 20.1 Å². The number of hydrogen-bond donors (Lipinski definition) is 2. The van der Waals surface area contributed by atoms with E-state index < -0.39 is 0 Å². The molecule has 1 amide bonds. The minimum absolute atomic E-state index is 0.180. The highest BCUT2D eigenvalue weighted by atomic mass is 16.5. The number of ether oxygens (including phenoxy) is 2. The lowest BCUT2D eigenvalue weighted by atomic mass is 9.98. The van der Waals surface area contributed by atoms with Crippen molar-refractivity contribution in [1.29, 1.82) is 0 Å². The molecule has 0 bridgehead atoms. The molecule has 0 aliphatic carbocycles. The number of nitrogens with one attached hydrogen (secondary N) is 2. The molecular formula is C23H38N4O3. The second-order valence-electron chi connectivity index (χ2n) is 8.08. The average molecular weight is 419 g/mol. The molecule has 1 aliphatic rings. The molecule has 0 saturated heterocycles. The van der Waals surface area contributed by atoms with Gasteiger partial charge in [0.1, 0.15) is 0 Å². The molecule has 1 atom stereocenters. The monoisotopic (exact) mass is 418 g/mol. The first-order chi connectivity index (χ1) is 14.4. The van der Waals surface area contributed by atoms with Crippen LogP contribution in [-0.4, -0.2) is 56.7 Å². The summed E-state index contributed by atoms with van der Waals surface area (Å²) < 4.78 is 10.8. The summed E-state index contributed by atoms with van der Waals surface area (Å²) in [6.45, 7) is 11.4. The summed E-state index contributed by atoms with van der Waals surface area (Å²) in [6.07, 6.45) is 2.08. The van der Waals surface area contributed by atoms with Gasteiger partial charge in [-0.2, -0.15) is 0 Å². The fraction of sp³-hybridized carbons (Fsp3) is 0.652. The Morgan fingerprint density at radius 3 is 2.43 bits per heavy atom. The fourth-order valence-electron chi connectivity index (χ4n) is 3.38. The maximum atomic E-state index is 12.7. The second kappa shape index (κ2) is 11.7. The van der Waals surface area contributed by atoms with E-state index in [1.807, 2.05) is 17.0 Å². The van der Waals surface area contributed by atoms with Gasteiger partial charge in [0.25, 0.3) is 0 Å². The first kappa shape index (κ1) is 23.8. The van der Waals surface area contributed by atoms with Crippen LogP contribution in [0.15, 0.2) is 17.1 Å². The minimum atomic E-state index is 0.180. The predicted octanol–water partition coefficient (Wildman–Crippen LogP) is 2.97. The van der Waals surface area contributed by atoms with Crippen molar-refractivity contribution < 1.29 is 14.3 Å². The SMILES string of the molecule is CCNC(=NCCCC(=O)N1CCc2cc(OC)c(OC)cc2C1)NC(C)C(C)C. The van der Waals surface area contributed by atoms with Crippen LogP contribution >= 0.6 is 0 Å². The van der Waals surface area contributed by atoms with Gasteiger partial charge in [-0.25, -0.2) is 0 Å². The Morgan fingerprint density at radius 1 is 1.17 bits per heavy atom. The van der Waals surface area contributed by atoms with E-state index in [1.54, 1.807) is 14.2 Å². The quantitative estimate of drug-likeness (QED) is 0.366. The molecule has 1 aromatic rings. The molecule has 30 heavy (non-hydrogen) atoms. The molecule has 1 heterocycles. The molecule has 0 fully saturated rings.